The highest BCUT2D eigenvalue weighted by atomic mass is 32.2. The molecule has 53 heavy (non-hydrogen) atoms. The molecule has 0 amide bonds. The fourth-order valence-electron chi connectivity index (χ4n) is 7.01. The van der Waals surface area contributed by atoms with Gasteiger partial charge in [-0.05, 0) is 62.2 Å². The number of ether oxygens (including phenoxy) is 1. The highest BCUT2D eigenvalue weighted by Crippen LogP contribution is 2.39. The number of pyridine rings is 1. The second kappa shape index (κ2) is 13.2. The van der Waals surface area contributed by atoms with Crippen LogP contribution in [0.15, 0.2) is 113 Å². The summed E-state index contributed by atoms with van der Waals surface area (Å²) in [5.41, 5.74) is 4.10. The Morgan fingerprint density at radius 2 is 1.74 bits per heavy atom. The van der Waals surface area contributed by atoms with Crippen molar-refractivity contribution in [3.05, 3.63) is 131 Å². The minimum absolute atomic E-state index is 0.0597. The lowest BCUT2D eigenvalue weighted by molar-refractivity contribution is -0.00792. The summed E-state index contributed by atoms with van der Waals surface area (Å²) >= 11 is 0. The molecule has 1 aliphatic heterocycles. The molecule has 0 radical (unpaired) electrons. The predicted octanol–water partition coefficient (Wildman–Crippen LogP) is 5.53. The van der Waals surface area contributed by atoms with Crippen LogP contribution in [-0.2, 0) is 28.4 Å². The molecule has 1 saturated heterocycles. The van der Waals surface area contributed by atoms with Crippen LogP contribution in [0, 0.1) is 6.92 Å². The van der Waals surface area contributed by atoms with E-state index in [1.54, 1.807) is 68.3 Å². The van der Waals surface area contributed by atoms with Crippen molar-refractivity contribution in [2.45, 2.75) is 50.0 Å². The number of aliphatic hydroxyl groups is 1. The van der Waals surface area contributed by atoms with Gasteiger partial charge in [-0.2, -0.15) is 5.10 Å². The summed E-state index contributed by atoms with van der Waals surface area (Å²) in [6, 6.07) is 23.9. The Labute approximate surface area is 306 Å². The zero-order valence-corrected chi connectivity index (χ0v) is 30.6. The van der Waals surface area contributed by atoms with E-state index in [1.807, 2.05) is 49.5 Å². The number of fused-ring (bicyclic) bond motifs is 2. The van der Waals surface area contributed by atoms with Gasteiger partial charge in [-0.25, -0.2) is 22.4 Å². The van der Waals surface area contributed by atoms with E-state index < -0.39 is 27.3 Å². The van der Waals surface area contributed by atoms with Crippen LogP contribution < -0.4 is 10.9 Å². The van der Waals surface area contributed by atoms with E-state index >= 15 is 0 Å². The Morgan fingerprint density at radius 1 is 0.962 bits per heavy atom. The van der Waals surface area contributed by atoms with E-state index in [1.165, 1.54) is 10.8 Å². The van der Waals surface area contributed by atoms with Gasteiger partial charge in [0.15, 0.2) is 5.82 Å². The topological polar surface area (TPSA) is 146 Å². The van der Waals surface area contributed by atoms with E-state index in [0.717, 1.165) is 26.0 Å². The van der Waals surface area contributed by atoms with Crippen LogP contribution in [0.2, 0.25) is 0 Å². The number of rotatable bonds is 8. The smallest absolute Gasteiger partial charge is 0.275 e. The van der Waals surface area contributed by atoms with Gasteiger partial charge in [0.25, 0.3) is 15.6 Å². The van der Waals surface area contributed by atoms with Gasteiger partial charge in [0.2, 0.25) is 0 Å². The van der Waals surface area contributed by atoms with Gasteiger partial charge in [-0.15, -0.1) is 0 Å². The zero-order valence-electron chi connectivity index (χ0n) is 29.8. The molecule has 0 spiro atoms. The fourth-order valence-corrected chi connectivity index (χ4v) is 8.35. The molecule has 5 heterocycles. The number of hydrogen-bond donors (Lipinski definition) is 2. The fraction of sp³-hybridized carbons (Fsp3) is 0.250. The second-order valence-electron chi connectivity index (χ2n) is 14.2. The average Bonchev–Trinajstić information content (AvgIpc) is 3.81. The minimum Gasteiger partial charge on any atom is -0.389 e. The molecule has 3 aromatic carbocycles. The molecule has 12 nitrogen and oxygen atoms in total. The summed E-state index contributed by atoms with van der Waals surface area (Å²) in [4.78, 5) is 23.9. The van der Waals surface area contributed by atoms with Crippen molar-refractivity contribution in [2.75, 3.05) is 13.2 Å². The zero-order chi connectivity index (χ0) is 37.1. The molecule has 7 aromatic rings. The van der Waals surface area contributed by atoms with E-state index in [2.05, 4.69) is 22.5 Å². The number of benzene rings is 3. The molecule has 0 saturated carbocycles. The van der Waals surface area contributed by atoms with Crippen LogP contribution >= 0.6 is 0 Å². The maximum Gasteiger partial charge on any atom is 0.275 e. The van der Waals surface area contributed by atoms with Crippen molar-refractivity contribution in [3.63, 3.8) is 0 Å². The third kappa shape index (κ3) is 6.46. The number of hydrogen-bond acceptors (Lipinski definition) is 9. The lowest BCUT2D eigenvalue weighted by Gasteiger charge is -2.33. The van der Waals surface area contributed by atoms with Gasteiger partial charge in [-0.3, -0.25) is 9.48 Å². The summed E-state index contributed by atoms with van der Waals surface area (Å²) in [6.07, 6.45) is 6.19. The molecule has 8 rings (SSSR count). The minimum atomic E-state index is -4.07. The lowest BCUT2D eigenvalue weighted by atomic mass is 9.94. The third-order valence-electron chi connectivity index (χ3n) is 9.54. The monoisotopic (exact) mass is 729 g/mol. The molecule has 0 aliphatic carbocycles. The van der Waals surface area contributed by atoms with E-state index in [0.29, 0.717) is 53.2 Å². The van der Waals surface area contributed by atoms with Gasteiger partial charge in [0, 0.05) is 48.5 Å². The molecule has 1 fully saturated rings. The van der Waals surface area contributed by atoms with Gasteiger partial charge in [-0.1, -0.05) is 54.1 Å². The second-order valence-corrected chi connectivity index (χ2v) is 16.0. The predicted molar refractivity (Wildman–Crippen MR) is 203 cm³/mol. The third-order valence-corrected chi connectivity index (χ3v) is 11.2. The van der Waals surface area contributed by atoms with Gasteiger partial charge in [0.05, 0.1) is 52.7 Å². The standard InChI is InChI=1S/C40H39N7O5S/c1-25-10-13-29(14-11-25)53(50,51)47-18-16-30-32(23-45(4)39(48)36(30)47)27-12-15-33-31(20-27)35(37-34(41-17-19-52-37)26-8-6-5-7-9-26)44-38(43-33)28-21-42-46(22-28)24-40(2,3)49/h5-16,18,20-23,34,37,41,49H,17,19,24H2,1-4H3/t34?,37-/m0/s1. The maximum atomic E-state index is 13.9. The number of morpholine rings is 1. The van der Waals surface area contributed by atoms with Crippen LogP contribution in [0.3, 0.4) is 0 Å². The number of aryl methyl sites for hydroxylation is 2. The number of nitrogens with one attached hydrogen (secondary N) is 1. The number of nitrogens with zero attached hydrogens (tertiary/aromatic N) is 6. The SMILES string of the molecule is Cc1ccc(S(=O)(=O)n2ccc3c(-c4ccc5nc(-c6cnn(CC(C)(C)O)c6)nc([C@H]6OCCNC6c6ccccc6)c5c4)cn(C)c(=O)c32)cc1. The average molecular weight is 730 g/mol. The highest BCUT2D eigenvalue weighted by molar-refractivity contribution is 7.90. The first-order chi connectivity index (χ1) is 25.4. The Balaban J connectivity index is 1.31. The largest absolute Gasteiger partial charge is 0.389 e. The molecule has 1 aliphatic rings. The summed E-state index contributed by atoms with van der Waals surface area (Å²) in [5, 5.41) is 19.7. The Hall–Kier alpha value is -5.47. The van der Waals surface area contributed by atoms with Crippen molar-refractivity contribution < 1.29 is 18.3 Å². The van der Waals surface area contributed by atoms with Crippen molar-refractivity contribution in [1.82, 2.24) is 33.6 Å². The highest BCUT2D eigenvalue weighted by Gasteiger charge is 2.32. The molecule has 2 atom stereocenters. The first-order valence-corrected chi connectivity index (χ1v) is 18.8. The summed E-state index contributed by atoms with van der Waals surface area (Å²) in [6.45, 7) is 6.77. The molecule has 270 valence electrons. The molecule has 4 aromatic heterocycles. The molecular weight excluding hydrogens is 691 g/mol. The molecule has 0 bridgehead atoms. The van der Waals surface area contributed by atoms with Gasteiger partial charge < -0.3 is 19.7 Å². The first kappa shape index (κ1) is 34.6. The van der Waals surface area contributed by atoms with Crippen LogP contribution in [0.4, 0.5) is 0 Å². The van der Waals surface area contributed by atoms with Gasteiger partial charge in [0.1, 0.15) is 11.6 Å². The molecule has 13 heteroatoms. The van der Waals surface area contributed by atoms with Crippen molar-refractivity contribution in [3.8, 4) is 22.5 Å². The summed E-state index contributed by atoms with van der Waals surface area (Å²) in [5.74, 6) is 0.464. The summed E-state index contributed by atoms with van der Waals surface area (Å²) in [7, 11) is -2.45. The summed E-state index contributed by atoms with van der Waals surface area (Å²) < 4.78 is 38.4. The molecule has 1 unspecified atom stereocenters. The van der Waals surface area contributed by atoms with Crippen LogP contribution in [0.1, 0.15) is 42.8 Å². The normalized spacial score (nSPS) is 16.8. The Bertz CT molecular complexity index is 2660. The Kier molecular flexibility index (Phi) is 8.61. The molecule has 2 N–H and O–H groups in total. The van der Waals surface area contributed by atoms with E-state index in [4.69, 9.17) is 14.7 Å². The van der Waals surface area contributed by atoms with Crippen LogP contribution in [-0.4, -0.2) is 60.6 Å². The van der Waals surface area contributed by atoms with Gasteiger partial charge >= 0.3 is 0 Å². The maximum absolute atomic E-state index is 13.9. The first-order valence-electron chi connectivity index (χ1n) is 17.4. The van der Waals surface area contributed by atoms with Crippen molar-refractivity contribution in [2.24, 2.45) is 7.05 Å². The van der Waals surface area contributed by atoms with E-state index in [9.17, 15) is 18.3 Å². The molecular formula is C40H39N7O5S. The lowest BCUT2D eigenvalue weighted by Crippen LogP contribution is -2.37. The quantitative estimate of drug-likeness (QED) is 0.206. The van der Waals surface area contributed by atoms with Crippen molar-refractivity contribution >= 4 is 31.8 Å². The number of aromatic nitrogens is 6. The van der Waals surface area contributed by atoms with Crippen molar-refractivity contribution in [1.29, 1.82) is 0 Å². The van der Waals surface area contributed by atoms with Crippen LogP contribution in [0.25, 0.3) is 44.3 Å². The Morgan fingerprint density at radius 3 is 2.49 bits per heavy atom. The van der Waals surface area contributed by atoms with E-state index in [-0.39, 0.29) is 16.5 Å². The van der Waals surface area contributed by atoms with Crippen LogP contribution in [0.5, 0.6) is 0 Å².